The van der Waals surface area contributed by atoms with Gasteiger partial charge in [0.05, 0.1) is 0 Å². The van der Waals surface area contributed by atoms with Gasteiger partial charge in [-0.3, -0.25) is 0 Å². The summed E-state index contributed by atoms with van der Waals surface area (Å²) in [4.78, 5) is 0. The van der Waals surface area contributed by atoms with E-state index in [1.165, 1.54) is 5.56 Å². The van der Waals surface area contributed by atoms with E-state index >= 15 is 0 Å². The van der Waals surface area contributed by atoms with Crippen molar-refractivity contribution in [3.05, 3.63) is 69.2 Å². The zero-order chi connectivity index (χ0) is 13.0. The van der Waals surface area contributed by atoms with Gasteiger partial charge in [-0.05, 0) is 35.7 Å². The lowest BCUT2D eigenvalue weighted by Crippen LogP contribution is -2.13. The third kappa shape index (κ3) is 3.49. The first-order valence-corrected chi connectivity index (χ1v) is 6.61. The SMILES string of the molecule is Cc1ccc(CNCc2ccccc2Cl)c(Cl)c1. The van der Waals surface area contributed by atoms with Gasteiger partial charge in [-0.2, -0.15) is 0 Å². The molecular formula is C15H15Cl2N. The molecule has 0 aliphatic carbocycles. The summed E-state index contributed by atoms with van der Waals surface area (Å²) in [6.07, 6.45) is 0. The van der Waals surface area contributed by atoms with Gasteiger partial charge in [0.2, 0.25) is 0 Å². The number of rotatable bonds is 4. The lowest BCUT2D eigenvalue weighted by atomic mass is 10.1. The summed E-state index contributed by atoms with van der Waals surface area (Å²) in [5.41, 5.74) is 3.38. The zero-order valence-electron chi connectivity index (χ0n) is 10.2. The highest BCUT2D eigenvalue weighted by molar-refractivity contribution is 6.31. The highest BCUT2D eigenvalue weighted by atomic mass is 35.5. The molecule has 0 aliphatic heterocycles. The summed E-state index contributed by atoms with van der Waals surface area (Å²) < 4.78 is 0. The Balaban J connectivity index is 1.95. The minimum atomic E-state index is 0.740. The zero-order valence-corrected chi connectivity index (χ0v) is 11.7. The predicted octanol–water partition coefficient (Wildman–Crippen LogP) is 4.59. The van der Waals surface area contributed by atoms with Gasteiger partial charge in [0, 0.05) is 23.1 Å². The summed E-state index contributed by atoms with van der Waals surface area (Å²) in [6, 6.07) is 13.9. The van der Waals surface area contributed by atoms with Crippen LogP contribution in [-0.4, -0.2) is 0 Å². The molecule has 0 unspecified atom stereocenters. The number of nitrogens with one attached hydrogen (secondary N) is 1. The van der Waals surface area contributed by atoms with Gasteiger partial charge in [0.1, 0.15) is 0 Å². The van der Waals surface area contributed by atoms with Crippen LogP contribution in [0.25, 0.3) is 0 Å². The van der Waals surface area contributed by atoms with Crippen molar-refractivity contribution in [2.24, 2.45) is 0 Å². The van der Waals surface area contributed by atoms with Crippen molar-refractivity contribution in [1.29, 1.82) is 0 Å². The van der Waals surface area contributed by atoms with Crippen molar-refractivity contribution in [3.8, 4) is 0 Å². The van der Waals surface area contributed by atoms with Gasteiger partial charge in [0.15, 0.2) is 0 Å². The molecule has 2 aromatic carbocycles. The van der Waals surface area contributed by atoms with Crippen molar-refractivity contribution in [2.45, 2.75) is 20.0 Å². The van der Waals surface area contributed by atoms with E-state index in [0.29, 0.717) is 0 Å². The first kappa shape index (κ1) is 13.4. The Hall–Kier alpha value is -1.02. The predicted molar refractivity (Wildman–Crippen MR) is 78.2 cm³/mol. The lowest BCUT2D eigenvalue weighted by molar-refractivity contribution is 0.693. The van der Waals surface area contributed by atoms with Crippen LogP contribution in [0.3, 0.4) is 0 Å². The van der Waals surface area contributed by atoms with E-state index in [-0.39, 0.29) is 0 Å². The Kier molecular flexibility index (Phi) is 4.65. The molecule has 2 aromatic rings. The van der Waals surface area contributed by atoms with Crippen LogP contribution in [0, 0.1) is 6.92 Å². The summed E-state index contributed by atoms with van der Waals surface area (Å²) in [5.74, 6) is 0. The van der Waals surface area contributed by atoms with E-state index in [1.807, 2.05) is 37.3 Å². The molecule has 0 aliphatic rings. The van der Waals surface area contributed by atoms with Gasteiger partial charge in [-0.1, -0.05) is 53.5 Å². The van der Waals surface area contributed by atoms with E-state index in [1.54, 1.807) is 0 Å². The van der Waals surface area contributed by atoms with Gasteiger partial charge in [-0.25, -0.2) is 0 Å². The number of benzene rings is 2. The maximum Gasteiger partial charge on any atom is 0.0453 e. The van der Waals surface area contributed by atoms with Crippen LogP contribution in [0.4, 0.5) is 0 Å². The monoisotopic (exact) mass is 279 g/mol. The molecule has 0 atom stereocenters. The highest BCUT2D eigenvalue weighted by Crippen LogP contribution is 2.18. The number of hydrogen-bond donors (Lipinski definition) is 1. The average molecular weight is 280 g/mol. The molecule has 0 bridgehead atoms. The molecule has 2 rings (SSSR count). The fraction of sp³-hybridized carbons (Fsp3) is 0.200. The second kappa shape index (κ2) is 6.24. The second-order valence-electron chi connectivity index (χ2n) is 4.29. The minimum absolute atomic E-state index is 0.740. The Bertz CT molecular complexity index is 538. The van der Waals surface area contributed by atoms with Crippen LogP contribution < -0.4 is 5.32 Å². The van der Waals surface area contributed by atoms with Crippen LogP contribution in [-0.2, 0) is 13.1 Å². The van der Waals surface area contributed by atoms with Crippen molar-refractivity contribution in [2.75, 3.05) is 0 Å². The van der Waals surface area contributed by atoms with Gasteiger partial charge in [0.25, 0.3) is 0 Å². The molecule has 0 radical (unpaired) electrons. The average Bonchev–Trinajstić information content (AvgIpc) is 2.34. The number of aryl methyl sites for hydroxylation is 1. The number of hydrogen-bond acceptors (Lipinski definition) is 1. The molecule has 3 heteroatoms. The van der Waals surface area contributed by atoms with Crippen molar-refractivity contribution < 1.29 is 0 Å². The second-order valence-corrected chi connectivity index (χ2v) is 5.10. The third-order valence-corrected chi connectivity index (χ3v) is 3.52. The Morgan fingerprint density at radius 3 is 2.22 bits per heavy atom. The Morgan fingerprint density at radius 1 is 0.889 bits per heavy atom. The number of halogens is 2. The van der Waals surface area contributed by atoms with E-state index in [4.69, 9.17) is 23.2 Å². The molecule has 0 saturated heterocycles. The quantitative estimate of drug-likeness (QED) is 0.863. The lowest BCUT2D eigenvalue weighted by Gasteiger charge is -2.08. The van der Waals surface area contributed by atoms with E-state index in [2.05, 4.69) is 17.4 Å². The summed E-state index contributed by atoms with van der Waals surface area (Å²) >= 11 is 12.3. The first-order valence-electron chi connectivity index (χ1n) is 5.86. The molecule has 1 N–H and O–H groups in total. The minimum Gasteiger partial charge on any atom is -0.309 e. The van der Waals surface area contributed by atoms with Gasteiger partial charge < -0.3 is 5.32 Å². The van der Waals surface area contributed by atoms with Crippen LogP contribution >= 0.6 is 23.2 Å². The van der Waals surface area contributed by atoms with Crippen LogP contribution in [0.1, 0.15) is 16.7 Å². The first-order chi connectivity index (χ1) is 8.66. The molecule has 0 saturated carbocycles. The molecule has 0 fully saturated rings. The molecule has 18 heavy (non-hydrogen) atoms. The summed E-state index contributed by atoms with van der Waals surface area (Å²) in [7, 11) is 0. The van der Waals surface area contributed by atoms with E-state index in [9.17, 15) is 0 Å². The topological polar surface area (TPSA) is 12.0 Å². The standard InChI is InChI=1S/C15H15Cl2N/c1-11-6-7-13(15(17)8-11)10-18-9-12-4-2-3-5-14(12)16/h2-8,18H,9-10H2,1H3. The van der Waals surface area contributed by atoms with Gasteiger partial charge >= 0.3 is 0 Å². The smallest absolute Gasteiger partial charge is 0.0453 e. The fourth-order valence-electron chi connectivity index (χ4n) is 1.77. The highest BCUT2D eigenvalue weighted by Gasteiger charge is 2.01. The molecule has 94 valence electrons. The maximum atomic E-state index is 6.18. The van der Waals surface area contributed by atoms with Crippen LogP contribution in [0.2, 0.25) is 10.0 Å². The van der Waals surface area contributed by atoms with Crippen molar-refractivity contribution in [3.63, 3.8) is 0 Å². The van der Waals surface area contributed by atoms with Gasteiger partial charge in [-0.15, -0.1) is 0 Å². The summed E-state index contributed by atoms with van der Waals surface area (Å²) in [5, 5.41) is 4.95. The molecule has 0 aromatic heterocycles. The normalized spacial score (nSPS) is 10.6. The van der Waals surface area contributed by atoms with E-state index in [0.717, 1.165) is 34.3 Å². The molecular weight excluding hydrogens is 265 g/mol. The van der Waals surface area contributed by atoms with Crippen molar-refractivity contribution in [1.82, 2.24) is 5.32 Å². The molecule has 1 nitrogen and oxygen atoms in total. The fourth-order valence-corrected chi connectivity index (χ4v) is 2.27. The third-order valence-electron chi connectivity index (χ3n) is 2.80. The van der Waals surface area contributed by atoms with Crippen molar-refractivity contribution >= 4 is 23.2 Å². The van der Waals surface area contributed by atoms with E-state index < -0.39 is 0 Å². The maximum absolute atomic E-state index is 6.18. The molecule has 0 heterocycles. The summed E-state index contributed by atoms with van der Waals surface area (Å²) in [6.45, 7) is 3.51. The Morgan fingerprint density at radius 2 is 1.56 bits per heavy atom. The molecule has 0 spiro atoms. The largest absolute Gasteiger partial charge is 0.309 e. The molecule has 0 amide bonds. The van der Waals surface area contributed by atoms with Crippen LogP contribution in [0.5, 0.6) is 0 Å². The Labute approximate surface area is 118 Å². The van der Waals surface area contributed by atoms with Crippen LogP contribution in [0.15, 0.2) is 42.5 Å².